The third kappa shape index (κ3) is 3.00. The van der Waals surface area contributed by atoms with E-state index < -0.39 is 0 Å². The van der Waals surface area contributed by atoms with Crippen molar-refractivity contribution in [1.29, 1.82) is 0 Å². The molecule has 1 aromatic carbocycles. The van der Waals surface area contributed by atoms with Crippen LogP contribution in [0.15, 0.2) is 24.3 Å². The topological polar surface area (TPSA) is 67.2 Å². The number of benzene rings is 1. The molecule has 1 N–H and O–H groups in total. The van der Waals surface area contributed by atoms with Crippen molar-refractivity contribution in [3.63, 3.8) is 0 Å². The summed E-state index contributed by atoms with van der Waals surface area (Å²) >= 11 is 0. The second-order valence-corrected chi connectivity index (χ2v) is 5.45. The van der Waals surface area contributed by atoms with E-state index in [4.69, 9.17) is 0 Å². The molecule has 1 heterocycles. The van der Waals surface area contributed by atoms with Crippen LogP contribution in [0.3, 0.4) is 0 Å². The quantitative estimate of drug-likeness (QED) is 0.942. The van der Waals surface area contributed by atoms with Gasteiger partial charge in [-0.3, -0.25) is 14.3 Å². The number of carbonyl (C=O) groups is 2. The lowest BCUT2D eigenvalue weighted by Gasteiger charge is -2.11. The van der Waals surface area contributed by atoms with Gasteiger partial charge >= 0.3 is 0 Å². The summed E-state index contributed by atoms with van der Waals surface area (Å²) in [6, 6.07) is 7.25. The zero-order valence-electron chi connectivity index (χ0n) is 13.5. The molecule has 0 saturated heterocycles. The highest BCUT2D eigenvalue weighted by Gasteiger charge is 2.22. The van der Waals surface area contributed by atoms with E-state index in [9.17, 15) is 9.59 Å². The molecule has 2 aromatic rings. The number of hydrogen-bond donors (Lipinski definition) is 1. The molecular formula is C16H20N4O2. The molecule has 0 fully saturated rings. The number of carbonyl (C=O) groups excluding carboxylic acids is 2. The summed E-state index contributed by atoms with van der Waals surface area (Å²) in [7, 11) is 5.04. The van der Waals surface area contributed by atoms with Gasteiger partial charge in [0.1, 0.15) is 0 Å². The van der Waals surface area contributed by atoms with Crippen molar-refractivity contribution < 1.29 is 9.59 Å². The fraction of sp³-hybridized carbons (Fsp3) is 0.312. The van der Waals surface area contributed by atoms with Crippen LogP contribution in [0.4, 0.5) is 5.69 Å². The molecule has 0 aliphatic carbocycles. The zero-order valence-corrected chi connectivity index (χ0v) is 13.5. The molecule has 0 unspecified atom stereocenters. The highest BCUT2D eigenvalue weighted by Crippen LogP contribution is 2.21. The third-order valence-electron chi connectivity index (χ3n) is 3.50. The monoisotopic (exact) mass is 300 g/mol. The Morgan fingerprint density at radius 3 is 2.27 bits per heavy atom. The Hall–Kier alpha value is -2.63. The van der Waals surface area contributed by atoms with Crippen LogP contribution in [0, 0.1) is 13.8 Å². The number of aryl methyl sites for hydroxylation is 2. The maximum Gasteiger partial charge on any atom is 0.276 e. The van der Waals surface area contributed by atoms with Gasteiger partial charge < -0.3 is 10.2 Å². The first-order valence-corrected chi connectivity index (χ1v) is 6.94. The number of amides is 2. The lowest BCUT2D eigenvalue weighted by Crippen LogP contribution is -2.24. The van der Waals surface area contributed by atoms with Crippen molar-refractivity contribution in [2.75, 3.05) is 19.4 Å². The third-order valence-corrected chi connectivity index (χ3v) is 3.50. The van der Waals surface area contributed by atoms with E-state index >= 15 is 0 Å². The minimum atomic E-state index is -0.260. The van der Waals surface area contributed by atoms with Crippen LogP contribution in [-0.2, 0) is 7.05 Å². The van der Waals surface area contributed by atoms with Gasteiger partial charge in [0, 0.05) is 26.7 Å². The lowest BCUT2D eigenvalue weighted by atomic mass is 10.1. The molecule has 6 heteroatoms. The van der Waals surface area contributed by atoms with Gasteiger partial charge in [-0.1, -0.05) is 17.7 Å². The summed E-state index contributed by atoms with van der Waals surface area (Å²) in [5, 5.41) is 7.00. The van der Waals surface area contributed by atoms with E-state index in [0.717, 1.165) is 11.3 Å². The van der Waals surface area contributed by atoms with E-state index in [1.807, 2.05) is 26.0 Å². The van der Waals surface area contributed by atoms with Crippen LogP contribution in [0.5, 0.6) is 0 Å². The zero-order chi connectivity index (χ0) is 16.4. The molecular weight excluding hydrogens is 280 g/mol. The van der Waals surface area contributed by atoms with E-state index in [1.165, 1.54) is 4.90 Å². The predicted molar refractivity (Wildman–Crippen MR) is 85.1 cm³/mol. The Kier molecular flexibility index (Phi) is 4.30. The maximum absolute atomic E-state index is 12.4. The van der Waals surface area contributed by atoms with Gasteiger partial charge in [0.05, 0.1) is 11.4 Å². The molecule has 116 valence electrons. The molecule has 0 atom stereocenters. The smallest absolute Gasteiger partial charge is 0.276 e. The van der Waals surface area contributed by atoms with Crippen molar-refractivity contribution in [2.24, 2.45) is 7.05 Å². The molecule has 2 amide bonds. The molecule has 0 spiro atoms. The van der Waals surface area contributed by atoms with Crippen molar-refractivity contribution in [1.82, 2.24) is 14.7 Å². The molecule has 1 aromatic heterocycles. The Bertz CT molecular complexity index is 714. The Balaban J connectivity index is 2.34. The number of nitrogens with zero attached hydrogens (tertiary/aromatic N) is 3. The molecule has 22 heavy (non-hydrogen) atoms. The largest absolute Gasteiger partial charge is 0.343 e. The molecule has 0 aliphatic heterocycles. The van der Waals surface area contributed by atoms with E-state index in [1.54, 1.807) is 38.0 Å². The molecule has 0 radical (unpaired) electrons. The normalized spacial score (nSPS) is 10.4. The second kappa shape index (κ2) is 6.01. The van der Waals surface area contributed by atoms with Crippen LogP contribution in [0.25, 0.3) is 0 Å². The number of hydrogen-bond acceptors (Lipinski definition) is 3. The number of anilines is 1. The van der Waals surface area contributed by atoms with Gasteiger partial charge in [-0.05, 0) is 26.0 Å². The summed E-state index contributed by atoms with van der Waals surface area (Å²) in [6.07, 6.45) is 0. The van der Waals surface area contributed by atoms with Crippen molar-refractivity contribution in [3.8, 4) is 0 Å². The first-order valence-electron chi connectivity index (χ1n) is 6.94. The van der Waals surface area contributed by atoms with Crippen molar-refractivity contribution in [3.05, 3.63) is 46.8 Å². The summed E-state index contributed by atoms with van der Waals surface area (Å²) in [4.78, 5) is 26.0. The standard InChI is InChI=1S/C16H20N4O2/c1-10-6-8-12(9-7-10)15(21)17-13-11(2)20(5)18-14(13)16(22)19(3)4/h6-9H,1-5H3,(H,17,21). The predicted octanol–water partition coefficient (Wildman–Crippen LogP) is 1.99. The van der Waals surface area contributed by atoms with Gasteiger partial charge in [0.15, 0.2) is 5.69 Å². The first-order chi connectivity index (χ1) is 10.3. The Labute approximate surface area is 129 Å². The molecule has 2 rings (SSSR count). The fourth-order valence-electron chi connectivity index (χ4n) is 2.01. The van der Waals surface area contributed by atoms with Gasteiger partial charge in [-0.2, -0.15) is 5.10 Å². The fourth-order valence-corrected chi connectivity index (χ4v) is 2.01. The number of aromatic nitrogens is 2. The van der Waals surface area contributed by atoms with Crippen molar-refractivity contribution >= 4 is 17.5 Å². The summed E-state index contributed by atoms with van der Waals surface area (Å²) in [6.45, 7) is 3.77. The van der Waals surface area contributed by atoms with Gasteiger partial charge in [-0.15, -0.1) is 0 Å². The SMILES string of the molecule is Cc1ccc(C(=O)Nc2c(C(=O)N(C)C)nn(C)c2C)cc1. The van der Waals surface area contributed by atoms with Crippen molar-refractivity contribution in [2.45, 2.75) is 13.8 Å². The van der Waals surface area contributed by atoms with Gasteiger partial charge in [0.2, 0.25) is 0 Å². The lowest BCUT2D eigenvalue weighted by molar-refractivity contribution is 0.0822. The van der Waals surface area contributed by atoms with Gasteiger partial charge in [-0.25, -0.2) is 0 Å². The first kappa shape index (κ1) is 15.8. The van der Waals surface area contributed by atoms with Crippen LogP contribution < -0.4 is 5.32 Å². The van der Waals surface area contributed by atoms with Crippen LogP contribution in [0.1, 0.15) is 32.1 Å². The minimum Gasteiger partial charge on any atom is -0.343 e. The van der Waals surface area contributed by atoms with E-state index in [0.29, 0.717) is 11.3 Å². The van der Waals surface area contributed by atoms with Crippen LogP contribution in [0.2, 0.25) is 0 Å². The molecule has 0 aliphatic rings. The number of nitrogens with one attached hydrogen (secondary N) is 1. The molecule has 0 saturated carbocycles. The van der Waals surface area contributed by atoms with Crippen LogP contribution >= 0.6 is 0 Å². The molecule has 6 nitrogen and oxygen atoms in total. The highest BCUT2D eigenvalue weighted by atomic mass is 16.2. The second-order valence-electron chi connectivity index (χ2n) is 5.45. The molecule has 0 bridgehead atoms. The average molecular weight is 300 g/mol. The summed E-state index contributed by atoms with van der Waals surface area (Å²) < 4.78 is 1.58. The summed E-state index contributed by atoms with van der Waals surface area (Å²) in [5.74, 6) is -0.508. The Morgan fingerprint density at radius 2 is 1.73 bits per heavy atom. The maximum atomic E-state index is 12.4. The average Bonchev–Trinajstić information content (AvgIpc) is 2.75. The van der Waals surface area contributed by atoms with E-state index in [-0.39, 0.29) is 17.5 Å². The highest BCUT2D eigenvalue weighted by molar-refractivity contribution is 6.08. The number of rotatable bonds is 3. The Morgan fingerprint density at radius 1 is 1.14 bits per heavy atom. The van der Waals surface area contributed by atoms with Gasteiger partial charge in [0.25, 0.3) is 11.8 Å². The minimum absolute atomic E-state index is 0.241. The van der Waals surface area contributed by atoms with Crippen LogP contribution in [-0.4, -0.2) is 40.6 Å². The van der Waals surface area contributed by atoms with E-state index in [2.05, 4.69) is 10.4 Å². The summed E-state index contributed by atoms with van der Waals surface area (Å²) in [5.41, 5.74) is 3.04.